The molecule has 4 N–H and O–H groups in total. The molecule has 30 heavy (non-hydrogen) atoms. The van der Waals surface area contributed by atoms with E-state index in [2.05, 4.69) is 4.98 Å². The van der Waals surface area contributed by atoms with Gasteiger partial charge in [-0.15, -0.1) is 0 Å². The molecule has 3 heterocycles. The van der Waals surface area contributed by atoms with Gasteiger partial charge in [-0.2, -0.15) is 0 Å². The molecule has 2 aliphatic rings. The van der Waals surface area contributed by atoms with Gasteiger partial charge in [-0.1, -0.05) is 18.2 Å². The van der Waals surface area contributed by atoms with Crippen LogP contribution >= 0.6 is 20.0 Å². The monoisotopic (exact) mass is 459 g/mol. The Balaban J connectivity index is 1.55. The van der Waals surface area contributed by atoms with E-state index in [4.69, 9.17) is 36.3 Å². The maximum Gasteiger partial charge on any atom is 0.530 e. The second-order valence-electron chi connectivity index (χ2n) is 7.03. The van der Waals surface area contributed by atoms with Gasteiger partial charge >= 0.3 is 7.82 Å². The number of halogens is 1. The quantitative estimate of drug-likeness (QED) is 0.460. The van der Waals surface area contributed by atoms with Gasteiger partial charge in [0.2, 0.25) is 4.77 Å². The standard InChI is InChI=1S/C17H19FN3O7PS/c1-16(21-7-6-12(19)20-15(21)30)13(22)14(23)17(18,28-16)9-26-29(24)25-8-10-4-2-3-5-11(10)27-29/h2-7,13-14,22-23H,8-9H2,1H3,(H2,19,20,30)/t13-,14+,16-,17-,29?/m1/s1. The first kappa shape index (κ1) is 21.3. The van der Waals surface area contributed by atoms with Crippen LogP contribution < -0.4 is 10.3 Å². The number of nitrogen functional groups attached to an aromatic ring is 1. The number of aromatic nitrogens is 2. The van der Waals surface area contributed by atoms with Crippen LogP contribution in [0.3, 0.4) is 0 Å². The summed E-state index contributed by atoms with van der Waals surface area (Å²) in [4.78, 5) is 3.87. The summed E-state index contributed by atoms with van der Waals surface area (Å²) in [5, 5.41) is 20.8. The van der Waals surface area contributed by atoms with E-state index in [9.17, 15) is 14.8 Å². The number of hydrogen-bond acceptors (Lipinski definition) is 10. The Morgan fingerprint density at radius 1 is 1.40 bits per heavy atom. The molecule has 1 fully saturated rings. The number of aliphatic hydroxyl groups is 2. The molecule has 0 amide bonds. The Morgan fingerprint density at radius 2 is 2.13 bits per heavy atom. The molecule has 1 saturated heterocycles. The minimum absolute atomic E-state index is 0.0667. The van der Waals surface area contributed by atoms with Crippen molar-refractivity contribution in [1.29, 1.82) is 0 Å². The first-order chi connectivity index (χ1) is 14.1. The fourth-order valence-electron chi connectivity index (χ4n) is 3.29. The van der Waals surface area contributed by atoms with E-state index in [-0.39, 0.29) is 22.9 Å². The number of ether oxygens (including phenoxy) is 1. The Hall–Kier alpha value is -1.92. The first-order valence-corrected chi connectivity index (χ1v) is 10.7. The second-order valence-corrected chi connectivity index (χ2v) is 8.99. The fourth-order valence-corrected chi connectivity index (χ4v) is 4.87. The predicted octanol–water partition coefficient (Wildman–Crippen LogP) is 2.02. The summed E-state index contributed by atoms with van der Waals surface area (Å²) in [5.41, 5.74) is 4.37. The summed E-state index contributed by atoms with van der Waals surface area (Å²) in [5.74, 6) is -2.56. The number of fused-ring (bicyclic) bond motifs is 1. The number of aliphatic hydroxyl groups excluding tert-OH is 2. The van der Waals surface area contributed by atoms with Crippen molar-refractivity contribution in [3.63, 3.8) is 0 Å². The van der Waals surface area contributed by atoms with Gasteiger partial charge in [-0.25, -0.2) is 13.9 Å². The molecule has 0 saturated carbocycles. The lowest BCUT2D eigenvalue weighted by Gasteiger charge is -2.31. The normalized spacial score (nSPS) is 35.6. The van der Waals surface area contributed by atoms with Gasteiger partial charge in [-0.05, 0) is 31.3 Å². The van der Waals surface area contributed by atoms with E-state index < -0.39 is 38.2 Å². The molecule has 162 valence electrons. The van der Waals surface area contributed by atoms with Crippen molar-refractivity contribution >= 4 is 25.9 Å². The molecule has 0 aliphatic carbocycles. The van der Waals surface area contributed by atoms with E-state index >= 15 is 4.39 Å². The molecule has 1 unspecified atom stereocenters. The molecule has 10 nitrogen and oxygen atoms in total. The maximum absolute atomic E-state index is 15.5. The van der Waals surface area contributed by atoms with Crippen LogP contribution in [0.2, 0.25) is 0 Å². The lowest BCUT2D eigenvalue weighted by molar-refractivity contribution is -0.238. The summed E-state index contributed by atoms with van der Waals surface area (Å²) in [6.45, 7) is 0.195. The lowest BCUT2D eigenvalue weighted by Crippen LogP contribution is -2.44. The lowest BCUT2D eigenvalue weighted by atomic mass is 10.0. The van der Waals surface area contributed by atoms with Gasteiger partial charge in [0.05, 0.1) is 6.61 Å². The van der Waals surface area contributed by atoms with Crippen LogP contribution in [0.25, 0.3) is 0 Å². The summed E-state index contributed by atoms with van der Waals surface area (Å²) < 4.78 is 50.1. The molecule has 0 spiro atoms. The number of phosphoric acid groups is 1. The van der Waals surface area contributed by atoms with E-state index in [1.807, 2.05) is 0 Å². The Bertz CT molecular complexity index is 1090. The Kier molecular flexibility index (Phi) is 5.22. The van der Waals surface area contributed by atoms with Gasteiger partial charge in [0.25, 0.3) is 5.85 Å². The second kappa shape index (κ2) is 7.34. The minimum Gasteiger partial charge on any atom is -0.404 e. The number of nitrogens with zero attached hydrogens (tertiary/aromatic N) is 2. The van der Waals surface area contributed by atoms with Crippen molar-refractivity contribution in [2.75, 3.05) is 12.3 Å². The van der Waals surface area contributed by atoms with Crippen molar-refractivity contribution in [3.05, 3.63) is 46.9 Å². The topological polar surface area (TPSA) is 138 Å². The van der Waals surface area contributed by atoms with Gasteiger partial charge in [-0.3, -0.25) is 13.6 Å². The molecule has 0 radical (unpaired) electrons. The van der Waals surface area contributed by atoms with Crippen LogP contribution in [0.15, 0.2) is 36.5 Å². The van der Waals surface area contributed by atoms with Crippen LogP contribution in [-0.4, -0.2) is 44.4 Å². The molecular formula is C17H19FN3O7PS. The van der Waals surface area contributed by atoms with Crippen LogP contribution in [-0.2, 0) is 30.7 Å². The molecule has 1 aromatic carbocycles. The number of hydrogen-bond donors (Lipinski definition) is 3. The third-order valence-electron chi connectivity index (χ3n) is 4.95. The zero-order valence-corrected chi connectivity index (χ0v) is 17.4. The highest BCUT2D eigenvalue weighted by Crippen LogP contribution is 2.56. The van der Waals surface area contributed by atoms with Gasteiger partial charge in [0.15, 0.2) is 5.72 Å². The van der Waals surface area contributed by atoms with Gasteiger partial charge in [0, 0.05) is 11.8 Å². The molecule has 4 rings (SSSR count). The van der Waals surface area contributed by atoms with E-state index in [1.165, 1.54) is 19.2 Å². The van der Waals surface area contributed by atoms with Crippen molar-refractivity contribution in [3.8, 4) is 5.75 Å². The Labute approximate surface area is 175 Å². The van der Waals surface area contributed by atoms with E-state index in [0.29, 0.717) is 5.56 Å². The third-order valence-corrected chi connectivity index (χ3v) is 6.55. The zero-order chi connectivity index (χ0) is 21.7. The van der Waals surface area contributed by atoms with Gasteiger partial charge in [0.1, 0.15) is 30.4 Å². The summed E-state index contributed by atoms with van der Waals surface area (Å²) in [6, 6.07) is 8.07. The number of para-hydroxylation sites is 1. The largest absolute Gasteiger partial charge is 0.530 e. The molecule has 2 aromatic rings. The molecule has 2 aliphatic heterocycles. The number of alkyl halides is 1. The first-order valence-electron chi connectivity index (χ1n) is 8.84. The number of anilines is 1. The highest BCUT2D eigenvalue weighted by molar-refractivity contribution is 7.71. The summed E-state index contributed by atoms with van der Waals surface area (Å²) in [7, 11) is -4.19. The number of phosphoric ester groups is 1. The molecule has 5 atom stereocenters. The maximum atomic E-state index is 15.5. The molecule has 0 bridgehead atoms. The summed E-state index contributed by atoms with van der Waals surface area (Å²) >= 11 is 5.10. The average Bonchev–Trinajstić information content (AvgIpc) is 2.87. The van der Waals surface area contributed by atoms with E-state index in [0.717, 1.165) is 4.57 Å². The van der Waals surface area contributed by atoms with Crippen LogP contribution in [0.1, 0.15) is 12.5 Å². The van der Waals surface area contributed by atoms with Crippen LogP contribution in [0, 0.1) is 4.77 Å². The number of nitrogens with two attached hydrogens (primary N) is 1. The van der Waals surface area contributed by atoms with Crippen LogP contribution in [0.5, 0.6) is 5.75 Å². The Morgan fingerprint density at radius 3 is 2.87 bits per heavy atom. The van der Waals surface area contributed by atoms with Crippen molar-refractivity contribution in [2.24, 2.45) is 0 Å². The number of rotatable bonds is 4. The van der Waals surface area contributed by atoms with Crippen molar-refractivity contribution in [2.45, 2.75) is 37.3 Å². The zero-order valence-electron chi connectivity index (χ0n) is 15.7. The highest BCUT2D eigenvalue weighted by atomic mass is 32.1. The van der Waals surface area contributed by atoms with Crippen molar-refractivity contribution < 1.29 is 37.5 Å². The predicted molar refractivity (Wildman–Crippen MR) is 103 cm³/mol. The molecular weight excluding hydrogens is 440 g/mol. The summed E-state index contributed by atoms with van der Waals surface area (Å²) in [6.07, 6.45) is -2.48. The van der Waals surface area contributed by atoms with Crippen molar-refractivity contribution in [1.82, 2.24) is 9.55 Å². The van der Waals surface area contributed by atoms with Crippen LogP contribution in [0.4, 0.5) is 10.2 Å². The fraction of sp³-hybridized carbons (Fsp3) is 0.412. The molecule has 13 heteroatoms. The highest BCUT2D eigenvalue weighted by Gasteiger charge is 2.63. The average molecular weight is 459 g/mol. The SMILES string of the molecule is C[C@@]1(n2ccc(N)nc2=S)O[C@](F)(COP2(=O)OCc3ccccc3O2)[C@@H](O)[C@H]1O. The molecule has 1 aromatic heterocycles. The number of benzene rings is 1. The third kappa shape index (κ3) is 3.54. The van der Waals surface area contributed by atoms with Gasteiger partial charge < -0.3 is 25.2 Å². The minimum atomic E-state index is -4.19. The smallest absolute Gasteiger partial charge is 0.404 e. The van der Waals surface area contributed by atoms with E-state index in [1.54, 1.807) is 24.3 Å².